The molecule has 0 aromatic heterocycles. The van der Waals surface area contributed by atoms with Crippen molar-refractivity contribution in [1.82, 2.24) is 10.4 Å². The van der Waals surface area contributed by atoms with Crippen molar-refractivity contribution in [1.29, 1.82) is 0 Å². The lowest BCUT2D eigenvalue weighted by atomic mass is 9.79. The Morgan fingerprint density at radius 3 is 2.09 bits per heavy atom. The largest absolute Gasteiger partial charge is 0.314 e. The lowest BCUT2D eigenvalue weighted by molar-refractivity contribution is -0.310. The summed E-state index contributed by atoms with van der Waals surface area (Å²) in [7, 11) is 0. The number of unbranched alkanes of at least 4 members (excludes halogenated alkanes) is 1. The first kappa shape index (κ1) is 20.9. The minimum Gasteiger partial charge on any atom is -0.314 e. The minimum absolute atomic E-state index is 0. The van der Waals surface area contributed by atoms with Crippen LogP contribution in [0.3, 0.4) is 0 Å². The highest BCUT2D eigenvalue weighted by atomic mass is 16.7. The summed E-state index contributed by atoms with van der Waals surface area (Å²) in [5.41, 5.74) is 0.201. The van der Waals surface area contributed by atoms with Crippen molar-refractivity contribution in [3.05, 3.63) is 0 Å². The fourth-order valence-corrected chi connectivity index (χ4v) is 4.50. The standard InChI is InChI=1S/C19H38N2O.CH4/c1-6-7-13-20-16-14-18(2,3)21(19(4,5)15-16)22-17-11-9-8-10-12-17;/h16-17,20H,6-15H2,1-5H3;1H4. The van der Waals surface area contributed by atoms with Gasteiger partial charge >= 0.3 is 0 Å². The van der Waals surface area contributed by atoms with Crippen LogP contribution in [-0.2, 0) is 4.84 Å². The van der Waals surface area contributed by atoms with Crippen molar-refractivity contribution < 1.29 is 4.84 Å². The topological polar surface area (TPSA) is 24.5 Å². The van der Waals surface area contributed by atoms with Gasteiger partial charge in [0.2, 0.25) is 0 Å². The number of hydrogen-bond donors (Lipinski definition) is 1. The molecule has 1 aliphatic carbocycles. The molecule has 138 valence electrons. The molecule has 1 N–H and O–H groups in total. The predicted molar refractivity (Wildman–Crippen MR) is 101 cm³/mol. The normalized spacial score (nSPS) is 26.0. The Morgan fingerprint density at radius 2 is 1.57 bits per heavy atom. The summed E-state index contributed by atoms with van der Waals surface area (Å²) in [6.07, 6.45) is 11.9. The Balaban J connectivity index is 0.00000264. The average molecular weight is 327 g/mol. The second kappa shape index (κ2) is 8.82. The van der Waals surface area contributed by atoms with Crippen molar-refractivity contribution >= 4 is 0 Å². The Kier molecular flexibility index (Phi) is 8.03. The zero-order chi connectivity index (χ0) is 16.2. The van der Waals surface area contributed by atoms with Crippen LogP contribution in [0.2, 0.25) is 0 Å². The van der Waals surface area contributed by atoms with E-state index in [2.05, 4.69) is 45.0 Å². The first-order valence-corrected chi connectivity index (χ1v) is 9.55. The number of hydrogen-bond acceptors (Lipinski definition) is 3. The van der Waals surface area contributed by atoms with E-state index < -0.39 is 0 Å². The predicted octanol–water partition coefficient (Wildman–Crippen LogP) is 5.30. The molecule has 3 nitrogen and oxygen atoms in total. The third-order valence-corrected chi connectivity index (χ3v) is 5.36. The SMILES string of the molecule is C.CCCCNC1CC(C)(C)N(OC2CCCCC2)C(C)(C)C1. The fourth-order valence-electron chi connectivity index (χ4n) is 4.50. The average Bonchev–Trinajstić information content (AvgIpc) is 2.44. The Bertz CT molecular complexity index is 317. The fraction of sp³-hybridized carbons (Fsp3) is 1.00. The molecule has 1 saturated carbocycles. The molecule has 0 bridgehead atoms. The second-order valence-electron chi connectivity index (χ2n) is 8.70. The highest BCUT2D eigenvalue weighted by molar-refractivity contribution is 4.99. The lowest BCUT2D eigenvalue weighted by Gasteiger charge is -2.55. The molecule has 0 atom stereocenters. The van der Waals surface area contributed by atoms with Crippen LogP contribution in [0.15, 0.2) is 0 Å². The second-order valence-corrected chi connectivity index (χ2v) is 8.70. The van der Waals surface area contributed by atoms with Crippen LogP contribution in [-0.4, -0.2) is 34.8 Å². The first-order chi connectivity index (χ1) is 10.3. The van der Waals surface area contributed by atoms with Gasteiger partial charge in [-0.2, -0.15) is 5.06 Å². The van der Waals surface area contributed by atoms with E-state index >= 15 is 0 Å². The molecule has 0 radical (unpaired) electrons. The van der Waals surface area contributed by atoms with E-state index in [0.717, 1.165) is 6.54 Å². The summed E-state index contributed by atoms with van der Waals surface area (Å²) < 4.78 is 0. The molecule has 0 aromatic carbocycles. The van der Waals surface area contributed by atoms with Crippen LogP contribution >= 0.6 is 0 Å². The van der Waals surface area contributed by atoms with E-state index in [4.69, 9.17) is 4.84 Å². The smallest absolute Gasteiger partial charge is 0.0793 e. The van der Waals surface area contributed by atoms with Gasteiger partial charge in [0.05, 0.1) is 6.10 Å². The summed E-state index contributed by atoms with van der Waals surface area (Å²) in [6, 6.07) is 0.614. The van der Waals surface area contributed by atoms with Gasteiger partial charge in [0.25, 0.3) is 0 Å². The van der Waals surface area contributed by atoms with Crippen LogP contribution in [0.4, 0.5) is 0 Å². The molecular formula is C20H42N2O. The molecule has 1 aliphatic heterocycles. The molecular weight excluding hydrogens is 284 g/mol. The summed E-state index contributed by atoms with van der Waals surface area (Å²) in [4.78, 5) is 6.54. The molecule has 1 heterocycles. The number of nitrogens with one attached hydrogen (secondary N) is 1. The van der Waals surface area contributed by atoms with Gasteiger partial charge in [-0.05, 0) is 66.3 Å². The molecule has 1 saturated heterocycles. The van der Waals surface area contributed by atoms with Gasteiger partial charge in [-0.3, -0.25) is 4.84 Å². The maximum atomic E-state index is 6.54. The van der Waals surface area contributed by atoms with E-state index in [1.165, 1.54) is 57.8 Å². The third kappa shape index (κ3) is 5.72. The van der Waals surface area contributed by atoms with E-state index in [-0.39, 0.29) is 18.5 Å². The van der Waals surface area contributed by atoms with Crippen LogP contribution < -0.4 is 5.32 Å². The lowest BCUT2D eigenvalue weighted by Crippen LogP contribution is -2.64. The quantitative estimate of drug-likeness (QED) is 0.670. The van der Waals surface area contributed by atoms with Crippen molar-refractivity contribution in [2.24, 2.45) is 0 Å². The number of hydroxylamine groups is 2. The van der Waals surface area contributed by atoms with Crippen molar-refractivity contribution in [2.75, 3.05) is 6.54 Å². The van der Waals surface area contributed by atoms with Gasteiger partial charge in [0.1, 0.15) is 0 Å². The molecule has 0 aromatic rings. The molecule has 0 spiro atoms. The maximum Gasteiger partial charge on any atom is 0.0793 e. The summed E-state index contributed by atoms with van der Waals surface area (Å²) in [6.45, 7) is 12.8. The van der Waals surface area contributed by atoms with Gasteiger partial charge in [-0.15, -0.1) is 0 Å². The molecule has 23 heavy (non-hydrogen) atoms. The highest BCUT2D eigenvalue weighted by Gasteiger charge is 2.47. The Labute approximate surface area is 145 Å². The van der Waals surface area contributed by atoms with E-state index in [1.54, 1.807) is 0 Å². The van der Waals surface area contributed by atoms with Crippen molar-refractivity contribution in [3.8, 4) is 0 Å². The number of nitrogens with zero attached hydrogens (tertiary/aromatic N) is 1. The van der Waals surface area contributed by atoms with Crippen LogP contribution in [0.1, 0.15) is 99.8 Å². The minimum atomic E-state index is 0. The van der Waals surface area contributed by atoms with E-state index in [9.17, 15) is 0 Å². The first-order valence-electron chi connectivity index (χ1n) is 9.55. The van der Waals surface area contributed by atoms with Crippen molar-refractivity contribution in [3.63, 3.8) is 0 Å². The van der Waals surface area contributed by atoms with Gasteiger partial charge in [-0.25, -0.2) is 0 Å². The zero-order valence-electron chi connectivity index (χ0n) is 15.6. The number of piperidine rings is 1. The van der Waals surface area contributed by atoms with Crippen molar-refractivity contribution in [2.45, 2.75) is 123 Å². The molecule has 2 rings (SSSR count). The number of rotatable bonds is 6. The monoisotopic (exact) mass is 326 g/mol. The molecule has 2 aliphatic rings. The molecule has 0 amide bonds. The van der Waals surface area contributed by atoms with Gasteiger partial charge < -0.3 is 5.32 Å². The van der Waals surface area contributed by atoms with Gasteiger partial charge in [0.15, 0.2) is 0 Å². The highest BCUT2D eigenvalue weighted by Crippen LogP contribution is 2.40. The summed E-state index contributed by atoms with van der Waals surface area (Å²) in [5.74, 6) is 0. The van der Waals surface area contributed by atoms with Crippen LogP contribution in [0.5, 0.6) is 0 Å². The Morgan fingerprint density at radius 1 is 1.00 bits per heavy atom. The van der Waals surface area contributed by atoms with Gasteiger partial charge in [0, 0.05) is 17.1 Å². The van der Waals surface area contributed by atoms with E-state index in [1.807, 2.05) is 0 Å². The molecule has 0 unspecified atom stereocenters. The van der Waals surface area contributed by atoms with Gasteiger partial charge in [-0.1, -0.05) is 40.0 Å². The zero-order valence-corrected chi connectivity index (χ0v) is 15.6. The summed E-state index contributed by atoms with van der Waals surface area (Å²) >= 11 is 0. The maximum absolute atomic E-state index is 6.54. The van der Waals surface area contributed by atoms with E-state index in [0.29, 0.717) is 12.1 Å². The van der Waals surface area contributed by atoms with Crippen LogP contribution in [0, 0.1) is 0 Å². The third-order valence-electron chi connectivity index (χ3n) is 5.36. The van der Waals surface area contributed by atoms with Crippen LogP contribution in [0.25, 0.3) is 0 Å². The molecule has 3 heteroatoms. The Hall–Kier alpha value is -0.120. The molecule has 2 fully saturated rings. The summed E-state index contributed by atoms with van der Waals surface area (Å²) in [5, 5.41) is 6.13.